The molecule has 0 aliphatic heterocycles. The molecule has 90 valence electrons. The molecule has 5 nitrogen and oxygen atoms in total. The zero-order chi connectivity index (χ0) is 11.5. The SMILES string of the molecule is CNCCOCCOCCN(C)B(C)O. The van der Waals surface area contributed by atoms with E-state index in [1.807, 2.05) is 18.9 Å². The standard InChI is InChI=1S/C9H23BN2O3/c1-10(13)12(3)5-7-15-9-8-14-6-4-11-2/h11,13H,4-9H2,1-3H3. The van der Waals surface area contributed by atoms with E-state index in [-0.39, 0.29) is 0 Å². The maximum atomic E-state index is 9.16. The van der Waals surface area contributed by atoms with Gasteiger partial charge >= 0.3 is 7.05 Å². The average Bonchev–Trinajstić information content (AvgIpc) is 2.21. The van der Waals surface area contributed by atoms with Crippen LogP contribution in [0.2, 0.25) is 6.82 Å². The van der Waals surface area contributed by atoms with Crippen LogP contribution in [0.3, 0.4) is 0 Å². The fourth-order valence-electron chi connectivity index (χ4n) is 0.892. The average molecular weight is 218 g/mol. The summed E-state index contributed by atoms with van der Waals surface area (Å²) >= 11 is 0. The Morgan fingerprint density at radius 2 is 1.80 bits per heavy atom. The van der Waals surface area contributed by atoms with Gasteiger partial charge in [-0.05, 0) is 20.9 Å². The number of ether oxygens (including phenoxy) is 2. The molecule has 6 heteroatoms. The minimum atomic E-state index is -0.416. The topological polar surface area (TPSA) is 54.0 Å². The summed E-state index contributed by atoms with van der Waals surface area (Å²) in [5.74, 6) is 0. The number of hydrogen-bond donors (Lipinski definition) is 2. The fourth-order valence-corrected chi connectivity index (χ4v) is 0.892. The van der Waals surface area contributed by atoms with E-state index < -0.39 is 7.05 Å². The zero-order valence-corrected chi connectivity index (χ0v) is 10.0. The van der Waals surface area contributed by atoms with Crippen molar-refractivity contribution in [2.24, 2.45) is 0 Å². The quantitative estimate of drug-likeness (QED) is 0.374. The molecule has 0 saturated carbocycles. The van der Waals surface area contributed by atoms with Crippen molar-refractivity contribution in [2.75, 3.05) is 53.6 Å². The van der Waals surface area contributed by atoms with Gasteiger partial charge in [0.2, 0.25) is 0 Å². The van der Waals surface area contributed by atoms with Gasteiger partial charge in [0.25, 0.3) is 0 Å². The molecule has 0 aliphatic carbocycles. The summed E-state index contributed by atoms with van der Waals surface area (Å²) in [7, 11) is 3.34. The maximum Gasteiger partial charge on any atom is 0.376 e. The molecule has 0 amide bonds. The Labute approximate surface area is 92.9 Å². The van der Waals surface area contributed by atoms with Crippen LogP contribution in [0.4, 0.5) is 0 Å². The second kappa shape index (κ2) is 10.4. The van der Waals surface area contributed by atoms with E-state index in [4.69, 9.17) is 14.5 Å². The third-order valence-corrected chi connectivity index (χ3v) is 2.09. The van der Waals surface area contributed by atoms with Gasteiger partial charge in [0.1, 0.15) is 0 Å². The van der Waals surface area contributed by atoms with Crippen molar-refractivity contribution >= 4 is 7.05 Å². The molecule has 0 heterocycles. The number of nitrogens with one attached hydrogen (secondary N) is 1. The van der Waals surface area contributed by atoms with Crippen molar-refractivity contribution in [2.45, 2.75) is 6.82 Å². The number of nitrogens with zero attached hydrogens (tertiary/aromatic N) is 1. The molecule has 0 aromatic carbocycles. The molecule has 0 unspecified atom stereocenters. The van der Waals surface area contributed by atoms with Crippen LogP contribution < -0.4 is 5.32 Å². The Hall–Kier alpha value is -0.135. The highest BCUT2D eigenvalue weighted by molar-refractivity contribution is 6.45. The molecule has 0 radical (unpaired) electrons. The highest BCUT2D eigenvalue weighted by Gasteiger charge is 2.09. The Morgan fingerprint density at radius 1 is 1.20 bits per heavy atom. The molecule has 0 aromatic rings. The van der Waals surface area contributed by atoms with Crippen LogP contribution >= 0.6 is 0 Å². The third-order valence-electron chi connectivity index (χ3n) is 2.09. The minimum Gasteiger partial charge on any atom is -0.437 e. The van der Waals surface area contributed by atoms with Crippen LogP contribution in [0.1, 0.15) is 0 Å². The molecule has 0 atom stereocenters. The van der Waals surface area contributed by atoms with E-state index in [1.165, 1.54) is 0 Å². The summed E-state index contributed by atoms with van der Waals surface area (Å²) in [5.41, 5.74) is 0. The van der Waals surface area contributed by atoms with Gasteiger partial charge in [-0.2, -0.15) is 0 Å². The lowest BCUT2D eigenvalue weighted by molar-refractivity contribution is 0.0462. The van der Waals surface area contributed by atoms with Crippen LogP contribution in [-0.2, 0) is 9.47 Å². The fraction of sp³-hybridized carbons (Fsp3) is 1.00. The van der Waals surface area contributed by atoms with Crippen LogP contribution in [0, 0.1) is 0 Å². The lowest BCUT2D eigenvalue weighted by Crippen LogP contribution is -2.36. The highest BCUT2D eigenvalue weighted by Crippen LogP contribution is 1.86. The first-order valence-electron chi connectivity index (χ1n) is 5.37. The molecule has 0 aromatic heterocycles. The van der Waals surface area contributed by atoms with E-state index in [1.54, 1.807) is 6.82 Å². The van der Waals surface area contributed by atoms with Crippen LogP contribution in [0.15, 0.2) is 0 Å². The van der Waals surface area contributed by atoms with E-state index in [0.717, 1.165) is 13.1 Å². The summed E-state index contributed by atoms with van der Waals surface area (Å²) in [4.78, 5) is 1.82. The molecule has 0 rings (SSSR count). The van der Waals surface area contributed by atoms with Crippen molar-refractivity contribution in [1.29, 1.82) is 0 Å². The Kier molecular flexibility index (Phi) is 10.3. The van der Waals surface area contributed by atoms with Crippen molar-refractivity contribution in [3.05, 3.63) is 0 Å². The van der Waals surface area contributed by atoms with Gasteiger partial charge < -0.3 is 24.6 Å². The Balaban J connectivity index is 3.05. The summed E-state index contributed by atoms with van der Waals surface area (Å²) in [5, 5.41) is 12.2. The smallest absolute Gasteiger partial charge is 0.376 e. The third kappa shape index (κ3) is 10.2. The number of rotatable bonds is 10. The predicted octanol–water partition coefficient (Wildman–Crippen LogP) is -0.719. The van der Waals surface area contributed by atoms with Gasteiger partial charge in [-0.15, -0.1) is 0 Å². The lowest BCUT2D eigenvalue weighted by Gasteiger charge is -2.16. The van der Waals surface area contributed by atoms with Crippen molar-refractivity contribution in [3.8, 4) is 0 Å². The molecule has 2 N–H and O–H groups in total. The number of likely N-dealkylation sites (N-methyl/N-ethyl adjacent to an activating group) is 2. The monoisotopic (exact) mass is 218 g/mol. The first-order valence-corrected chi connectivity index (χ1v) is 5.37. The first kappa shape index (κ1) is 14.9. The van der Waals surface area contributed by atoms with E-state index in [9.17, 15) is 0 Å². The van der Waals surface area contributed by atoms with Crippen molar-refractivity contribution < 1.29 is 14.5 Å². The second-order valence-corrected chi connectivity index (χ2v) is 3.44. The summed E-state index contributed by atoms with van der Waals surface area (Å²) in [6.45, 7) is 5.90. The molecule has 0 spiro atoms. The normalized spacial score (nSPS) is 11.0. The van der Waals surface area contributed by atoms with Gasteiger partial charge in [-0.1, -0.05) is 0 Å². The summed E-state index contributed by atoms with van der Waals surface area (Å²) in [6.07, 6.45) is 0. The van der Waals surface area contributed by atoms with Gasteiger partial charge in [0.05, 0.1) is 26.4 Å². The highest BCUT2D eigenvalue weighted by atomic mass is 16.5. The molecular formula is C9H23BN2O3. The molecule has 0 aliphatic rings. The van der Waals surface area contributed by atoms with Crippen molar-refractivity contribution in [3.63, 3.8) is 0 Å². The lowest BCUT2D eigenvalue weighted by atomic mass is 9.86. The van der Waals surface area contributed by atoms with E-state index >= 15 is 0 Å². The Morgan fingerprint density at radius 3 is 2.33 bits per heavy atom. The van der Waals surface area contributed by atoms with E-state index in [0.29, 0.717) is 26.4 Å². The molecule has 0 saturated heterocycles. The summed E-state index contributed by atoms with van der Waals surface area (Å²) in [6, 6.07) is 0. The van der Waals surface area contributed by atoms with E-state index in [2.05, 4.69) is 5.32 Å². The molecule has 15 heavy (non-hydrogen) atoms. The van der Waals surface area contributed by atoms with Crippen LogP contribution in [0.5, 0.6) is 0 Å². The largest absolute Gasteiger partial charge is 0.437 e. The second-order valence-electron chi connectivity index (χ2n) is 3.44. The van der Waals surface area contributed by atoms with Gasteiger partial charge in [-0.3, -0.25) is 0 Å². The van der Waals surface area contributed by atoms with Gasteiger partial charge in [0, 0.05) is 13.1 Å². The van der Waals surface area contributed by atoms with Crippen molar-refractivity contribution in [1.82, 2.24) is 10.1 Å². The summed E-state index contributed by atoms with van der Waals surface area (Å²) < 4.78 is 10.6. The predicted molar refractivity (Wildman–Crippen MR) is 62.0 cm³/mol. The van der Waals surface area contributed by atoms with Crippen LogP contribution in [0.25, 0.3) is 0 Å². The Bertz CT molecular complexity index is 139. The maximum absolute atomic E-state index is 9.16. The molecule has 0 fully saturated rings. The zero-order valence-electron chi connectivity index (χ0n) is 10.0. The number of hydrogen-bond acceptors (Lipinski definition) is 5. The first-order chi connectivity index (χ1) is 7.18. The molecule has 0 bridgehead atoms. The molecular weight excluding hydrogens is 195 g/mol. The minimum absolute atomic E-state index is 0.416. The van der Waals surface area contributed by atoms with Gasteiger partial charge in [0.15, 0.2) is 0 Å². The van der Waals surface area contributed by atoms with Gasteiger partial charge in [-0.25, -0.2) is 0 Å². The van der Waals surface area contributed by atoms with Crippen LogP contribution in [-0.4, -0.2) is 70.5 Å².